The second-order valence-corrected chi connectivity index (χ2v) is 7.69. The zero-order valence-electron chi connectivity index (χ0n) is 17.4. The third-order valence-electron chi connectivity index (χ3n) is 5.15. The zero-order chi connectivity index (χ0) is 22.2. The van der Waals surface area contributed by atoms with Gasteiger partial charge in [-0.05, 0) is 49.7 Å². The van der Waals surface area contributed by atoms with Crippen LogP contribution in [-0.2, 0) is 4.79 Å². The number of aliphatic imine (C=N–C) groups is 1. The molecule has 2 N–H and O–H groups in total. The summed E-state index contributed by atoms with van der Waals surface area (Å²) in [6.45, 7) is 2.72. The first kappa shape index (κ1) is 22.5. The van der Waals surface area contributed by atoms with Gasteiger partial charge >= 0.3 is 6.61 Å². The van der Waals surface area contributed by atoms with Crippen molar-refractivity contribution in [3.05, 3.63) is 42.5 Å². The number of alkyl halides is 2. The molecule has 2 aromatic carbocycles. The van der Waals surface area contributed by atoms with Crippen molar-refractivity contribution in [3.63, 3.8) is 0 Å². The number of hydrogen-bond acceptors (Lipinski definition) is 5. The Bertz CT molecular complexity index is 907. The summed E-state index contributed by atoms with van der Waals surface area (Å²) in [7, 11) is 0. The van der Waals surface area contributed by atoms with Crippen molar-refractivity contribution in [2.45, 2.75) is 45.3 Å². The maximum atomic E-state index is 12.3. The standard InChI is InChI=1S/C23H27F2N3O3/c1-15-5-3-6-16(11-15)27-20-10-9-18(13-21(20)26-2)30-14-22(29)28-17-7-4-8-19(12-17)31-23(24)25/h4,7-10,12-13,15-16,23,27H,2-3,5-6,11,14H2,1H3,(H,28,29)/t15?,16-/m1/s1. The third-order valence-corrected chi connectivity index (χ3v) is 5.15. The highest BCUT2D eigenvalue weighted by atomic mass is 19.3. The molecule has 1 aliphatic carbocycles. The molecular weight excluding hydrogens is 404 g/mol. The summed E-state index contributed by atoms with van der Waals surface area (Å²) in [5.41, 5.74) is 1.89. The van der Waals surface area contributed by atoms with Crippen molar-refractivity contribution in [2.24, 2.45) is 10.9 Å². The summed E-state index contributed by atoms with van der Waals surface area (Å²) in [5.74, 6) is 0.719. The van der Waals surface area contributed by atoms with E-state index < -0.39 is 12.5 Å². The van der Waals surface area contributed by atoms with Gasteiger partial charge in [-0.15, -0.1) is 0 Å². The van der Waals surface area contributed by atoms with Gasteiger partial charge in [-0.3, -0.25) is 9.79 Å². The second kappa shape index (κ2) is 10.7. The number of hydrogen-bond donors (Lipinski definition) is 2. The van der Waals surface area contributed by atoms with E-state index >= 15 is 0 Å². The van der Waals surface area contributed by atoms with Gasteiger partial charge in [-0.1, -0.05) is 25.8 Å². The van der Waals surface area contributed by atoms with Crippen LogP contribution < -0.4 is 20.1 Å². The van der Waals surface area contributed by atoms with E-state index in [1.54, 1.807) is 18.2 Å². The van der Waals surface area contributed by atoms with E-state index in [1.807, 2.05) is 6.07 Å². The summed E-state index contributed by atoms with van der Waals surface area (Å²) in [6.07, 6.45) is 4.73. The van der Waals surface area contributed by atoms with Crippen LogP contribution in [0, 0.1) is 5.92 Å². The topological polar surface area (TPSA) is 72.0 Å². The average molecular weight is 431 g/mol. The van der Waals surface area contributed by atoms with Crippen molar-refractivity contribution < 1.29 is 23.0 Å². The number of rotatable bonds is 9. The number of ether oxygens (including phenoxy) is 2. The number of carbonyl (C=O) groups excluding carboxylic acids is 1. The Balaban J connectivity index is 1.55. The fourth-order valence-corrected chi connectivity index (χ4v) is 3.74. The van der Waals surface area contributed by atoms with Gasteiger partial charge in [0.15, 0.2) is 6.61 Å². The molecule has 2 aromatic rings. The van der Waals surface area contributed by atoms with Crippen molar-refractivity contribution in [2.75, 3.05) is 17.2 Å². The van der Waals surface area contributed by atoms with Gasteiger partial charge in [0.25, 0.3) is 5.91 Å². The molecule has 1 unspecified atom stereocenters. The quantitative estimate of drug-likeness (QED) is 0.505. The molecule has 1 aliphatic rings. The number of carbonyl (C=O) groups is 1. The number of nitrogens with one attached hydrogen (secondary N) is 2. The Hall–Kier alpha value is -3.16. The fourth-order valence-electron chi connectivity index (χ4n) is 3.74. The number of benzene rings is 2. The van der Waals surface area contributed by atoms with Crippen LogP contribution in [0.25, 0.3) is 0 Å². The molecule has 1 amide bonds. The van der Waals surface area contributed by atoms with Crippen LogP contribution in [-0.4, -0.2) is 31.9 Å². The van der Waals surface area contributed by atoms with Crippen LogP contribution in [0.5, 0.6) is 11.5 Å². The predicted molar refractivity (Wildman–Crippen MR) is 118 cm³/mol. The van der Waals surface area contributed by atoms with E-state index in [0.717, 1.165) is 18.5 Å². The average Bonchev–Trinajstić information content (AvgIpc) is 2.73. The molecule has 6 nitrogen and oxygen atoms in total. The summed E-state index contributed by atoms with van der Waals surface area (Å²) in [5, 5.41) is 6.13. The highest BCUT2D eigenvalue weighted by molar-refractivity contribution is 5.92. The highest BCUT2D eigenvalue weighted by Gasteiger charge is 2.19. The minimum atomic E-state index is -2.93. The molecule has 31 heavy (non-hydrogen) atoms. The van der Waals surface area contributed by atoms with Crippen LogP contribution in [0.2, 0.25) is 0 Å². The van der Waals surface area contributed by atoms with Gasteiger partial charge in [0.2, 0.25) is 0 Å². The highest BCUT2D eigenvalue weighted by Crippen LogP contribution is 2.33. The molecule has 0 spiro atoms. The van der Waals surface area contributed by atoms with E-state index in [-0.39, 0.29) is 12.4 Å². The van der Waals surface area contributed by atoms with Crippen molar-refractivity contribution >= 4 is 29.7 Å². The van der Waals surface area contributed by atoms with Crippen LogP contribution in [0.1, 0.15) is 32.6 Å². The molecule has 3 rings (SSSR count). The van der Waals surface area contributed by atoms with Crippen molar-refractivity contribution in [1.29, 1.82) is 0 Å². The Kier molecular flexibility index (Phi) is 7.81. The molecule has 0 bridgehead atoms. The van der Waals surface area contributed by atoms with Gasteiger partial charge < -0.3 is 20.1 Å². The maximum absolute atomic E-state index is 12.3. The number of halogens is 2. The molecule has 0 radical (unpaired) electrons. The Morgan fingerprint density at radius 1 is 1.23 bits per heavy atom. The molecule has 2 atom stereocenters. The number of amides is 1. The second-order valence-electron chi connectivity index (χ2n) is 7.69. The van der Waals surface area contributed by atoms with E-state index in [1.165, 1.54) is 31.0 Å². The number of nitrogens with zero attached hydrogens (tertiary/aromatic N) is 1. The summed E-state index contributed by atoms with van der Waals surface area (Å²) in [4.78, 5) is 16.2. The Labute approximate surface area is 180 Å². The molecular formula is C23H27F2N3O3. The number of anilines is 2. The molecule has 0 saturated heterocycles. The monoisotopic (exact) mass is 431 g/mol. The fraction of sp³-hybridized carbons (Fsp3) is 0.391. The third kappa shape index (κ3) is 6.94. The Morgan fingerprint density at radius 2 is 2.06 bits per heavy atom. The van der Waals surface area contributed by atoms with Crippen LogP contribution in [0.15, 0.2) is 47.5 Å². The molecule has 1 saturated carbocycles. The largest absolute Gasteiger partial charge is 0.484 e. The SMILES string of the molecule is C=Nc1cc(OCC(=O)Nc2cccc(OC(F)F)c2)ccc1N[C@@H]1CCCC(C)C1. The van der Waals surface area contributed by atoms with Crippen molar-refractivity contribution in [1.82, 2.24) is 0 Å². The van der Waals surface area contributed by atoms with Gasteiger partial charge in [0, 0.05) is 23.9 Å². The predicted octanol–water partition coefficient (Wildman–Crippen LogP) is 5.63. The normalized spacial score (nSPS) is 18.3. The summed E-state index contributed by atoms with van der Waals surface area (Å²) < 4.78 is 34.5. The first-order valence-corrected chi connectivity index (χ1v) is 10.3. The van der Waals surface area contributed by atoms with Crippen molar-refractivity contribution in [3.8, 4) is 11.5 Å². The minimum absolute atomic E-state index is 0.0362. The van der Waals surface area contributed by atoms with Gasteiger partial charge in [0.05, 0.1) is 11.4 Å². The smallest absolute Gasteiger partial charge is 0.387 e. The summed E-state index contributed by atoms with van der Waals surface area (Å²) >= 11 is 0. The van der Waals surface area contributed by atoms with Crippen LogP contribution >= 0.6 is 0 Å². The minimum Gasteiger partial charge on any atom is -0.484 e. The van der Waals surface area contributed by atoms with E-state index in [2.05, 4.69) is 34.0 Å². The first-order chi connectivity index (χ1) is 14.9. The lowest BCUT2D eigenvalue weighted by Crippen LogP contribution is -2.26. The molecule has 0 heterocycles. The van der Waals surface area contributed by atoms with Gasteiger partial charge in [-0.25, -0.2) is 0 Å². The molecule has 166 valence electrons. The van der Waals surface area contributed by atoms with Crippen LogP contribution in [0.4, 0.5) is 25.8 Å². The first-order valence-electron chi connectivity index (χ1n) is 10.3. The van der Waals surface area contributed by atoms with E-state index in [0.29, 0.717) is 29.1 Å². The lowest BCUT2D eigenvalue weighted by molar-refractivity contribution is -0.118. The summed E-state index contributed by atoms with van der Waals surface area (Å²) in [6, 6.07) is 11.6. The molecule has 8 heteroatoms. The van der Waals surface area contributed by atoms with Gasteiger partial charge in [0.1, 0.15) is 11.5 Å². The zero-order valence-corrected chi connectivity index (χ0v) is 17.4. The Morgan fingerprint density at radius 3 is 2.81 bits per heavy atom. The maximum Gasteiger partial charge on any atom is 0.387 e. The lowest BCUT2D eigenvalue weighted by Gasteiger charge is -2.28. The molecule has 0 aliphatic heterocycles. The van der Waals surface area contributed by atoms with E-state index in [4.69, 9.17) is 4.74 Å². The molecule has 1 fully saturated rings. The lowest BCUT2D eigenvalue weighted by atomic mass is 9.87. The van der Waals surface area contributed by atoms with Gasteiger partial charge in [-0.2, -0.15) is 8.78 Å². The molecule has 0 aromatic heterocycles. The van der Waals surface area contributed by atoms with E-state index in [9.17, 15) is 13.6 Å². The van der Waals surface area contributed by atoms with Crippen LogP contribution in [0.3, 0.4) is 0 Å².